The van der Waals surface area contributed by atoms with Crippen LogP contribution in [0.25, 0.3) is 0 Å². The molecule has 0 unspecified atom stereocenters. The second kappa shape index (κ2) is 7.93. The van der Waals surface area contributed by atoms with E-state index in [1.54, 1.807) is 18.2 Å². The number of nitrogens with one attached hydrogen (secondary N) is 1. The zero-order valence-corrected chi connectivity index (χ0v) is 14.7. The molecule has 0 aromatic heterocycles. The number of nitrogens with zero attached hydrogens (tertiary/aromatic N) is 1. The van der Waals surface area contributed by atoms with Crippen molar-refractivity contribution in [2.24, 2.45) is 0 Å². The van der Waals surface area contributed by atoms with Gasteiger partial charge in [0.2, 0.25) is 15.9 Å². The summed E-state index contributed by atoms with van der Waals surface area (Å²) in [5, 5.41) is 3.01. The van der Waals surface area contributed by atoms with Gasteiger partial charge in [0.1, 0.15) is 0 Å². The van der Waals surface area contributed by atoms with Crippen LogP contribution in [-0.2, 0) is 14.8 Å². The van der Waals surface area contributed by atoms with Gasteiger partial charge < -0.3 is 5.32 Å². The molecule has 1 aliphatic heterocycles. The number of piperidine rings is 1. The van der Waals surface area contributed by atoms with E-state index in [0.29, 0.717) is 37.2 Å². The van der Waals surface area contributed by atoms with E-state index in [2.05, 4.69) is 12.2 Å². The molecule has 5 nitrogen and oxygen atoms in total. The molecule has 0 aliphatic carbocycles. The molecule has 1 saturated heterocycles. The minimum Gasteiger partial charge on any atom is -0.353 e. The molecule has 0 bridgehead atoms. The van der Waals surface area contributed by atoms with Crippen molar-refractivity contribution in [3.05, 3.63) is 29.8 Å². The van der Waals surface area contributed by atoms with Crippen LogP contribution in [0.2, 0.25) is 0 Å². The minimum absolute atomic E-state index is 0.0758. The van der Waals surface area contributed by atoms with E-state index in [9.17, 15) is 13.2 Å². The zero-order valence-electron chi connectivity index (χ0n) is 13.9. The van der Waals surface area contributed by atoms with Crippen molar-refractivity contribution < 1.29 is 13.2 Å². The Morgan fingerprint density at radius 1 is 1.30 bits per heavy atom. The molecule has 1 amide bonds. The Morgan fingerprint density at radius 2 is 2.00 bits per heavy atom. The predicted octanol–water partition coefficient (Wildman–Crippen LogP) is 2.45. The monoisotopic (exact) mass is 338 g/mol. The maximum Gasteiger partial charge on any atom is 0.243 e. The van der Waals surface area contributed by atoms with Gasteiger partial charge in [0.15, 0.2) is 0 Å². The summed E-state index contributed by atoms with van der Waals surface area (Å²) < 4.78 is 26.8. The molecule has 0 radical (unpaired) electrons. The lowest BCUT2D eigenvalue weighted by Crippen LogP contribution is -2.46. The van der Waals surface area contributed by atoms with Crippen molar-refractivity contribution >= 4 is 15.9 Å². The summed E-state index contributed by atoms with van der Waals surface area (Å²) in [4.78, 5) is 12.1. The average molecular weight is 338 g/mol. The van der Waals surface area contributed by atoms with Gasteiger partial charge in [0, 0.05) is 25.6 Å². The highest BCUT2D eigenvalue weighted by Gasteiger charge is 2.29. The maximum atomic E-state index is 12.6. The SMILES string of the molecule is CCCCC(=O)NC1CCN(S(=O)(=O)c2cccc(C)c2)CC1. The van der Waals surface area contributed by atoms with Crippen LogP contribution in [0.3, 0.4) is 0 Å². The first-order valence-electron chi connectivity index (χ1n) is 8.29. The van der Waals surface area contributed by atoms with E-state index in [4.69, 9.17) is 0 Å². The van der Waals surface area contributed by atoms with Gasteiger partial charge in [-0.2, -0.15) is 4.31 Å². The third kappa shape index (κ3) is 4.78. The van der Waals surface area contributed by atoms with Crippen molar-refractivity contribution in [3.8, 4) is 0 Å². The molecule has 23 heavy (non-hydrogen) atoms. The molecule has 0 saturated carbocycles. The van der Waals surface area contributed by atoms with Gasteiger partial charge in [0.25, 0.3) is 0 Å². The standard InChI is InChI=1S/C17H26N2O3S/c1-3-4-8-17(20)18-15-9-11-19(12-10-15)23(21,22)16-7-5-6-14(2)13-16/h5-7,13,15H,3-4,8-12H2,1-2H3,(H,18,20). The van der Waals surface area contributed by atoms with Gasteiger partial charge >= 0.3 is 0 Å². The molecule has 128 valence electrons. The van der Waals surface area contributed by atoms with Crippen LogP contribution in [0, 0.1) is 6.92 Å². The highest BCUT2D eigenvalue weighted by Crippen LogP contribution is 2.21. The summed E-state index contributed by atoms with van der Waals surface area (Å²) in [5.41, 5.74) is 0.934. The second-order valence-electron chi connectivity index (χ2n) is 6.17. The molecule has 2 rings (SSSR count). The minimum atomic E-state index is -3.43. The van der Waals surface area contributed by atoms with Gasteiger partial charge in [-0.25, -0.2) is 8.42 Å². The van der Waals surface area contributed by atoms with Gasteiger partial charge in [0.05, 0.1) is 4.90 Å². The van der Waals surface area contributed by atoms with Crippen molar-refractivity contribution in [1.29, 1.82) is 0 Å². The summed E-state index contributed by atoms with van der Waals surface area (Å²) in [6.07, 6.45) is 3.79. The third-order valence-electron chi connectivity index (χ3n) is 4.20. The van der Waals surface area contributed by atoms with Gasteiger partial charge in [-0.05, 0) is 43.9 Å². The number of sulfonamides is 1. The predicted molar refractivity (Wildman–Crippen MR) is 90.6 cm³/mol. The quantitative estimate of drug-likeness (QED) is 0.866. The highest BCUT2D eigenvalue weighted by atomic mass is 32.2. The van der Waals surface area contributed by atoms with Crippen LogP contribution in [0.4, 0.5) is 0 Å². The summed E-state index contributed by atoms with van der Waals surface area (Å²) in [6, 6.07) is 7.08. The van der Waals surface area contributed by atoms with Crippen LogP contribution in [0.15, 0.2) is 29.2 Å². The first-order valence-corrected chi connectivity index (χ1v) is 9.73. The summed E-state index contributed by atoms with van der Waals surface area (Å²) >= 11 is 0. The normalized spacial score (nSPS) is 17.1. The smallest absolute Gasteiger partial charge is 0.243 e. The number of unbranched alkanes of at least 4 members (excludes halogenated alkanes) is 1. The highest BCUT2D eigenvalue weighted by molar-refractivity contribution is 7.89. The van der Waals surface area contributed by atoms with Crippen molar-refractivity contribution in [2.45, 2.75) is 56.9 Å². The van der Waals surface area contributed by atoms with E-state index >= 15 is 0 Å². The number of carbonyl (C=O) groups excluding carboxylic acids is 1. The average Bonchev–Trinajstić information content (AvgIpc) is 2.53. The Balaban J connectivity index is 1.92. The Morgan fingerprint density at radius 3 is 2.61 bits per heavy atom. The fraction of sp³-hybridized carbons (Fsp3) is 0.588. The summed E-state index contributed by atoms with van der Waals surface area (Å²) in [6.45, 7) is 4.85. The Kier molecular flexibility index (Phi) is 6.18. The van der Waals surface area contributed by atoms with E-state index in [1.165, 1.54) is 4.31 Å². The van der Waals surface area contributed by atoms with Crippen molar-refractivity contribution in [1.82, 2.24) is 9.62 Å². The molecule has 1 fully saturated rings. The van der Waals surface area contributed by atoms with E-state index in [1.807, 2.05) is 13.0 Å². The van der Waals surface area contributed by atoms with E-state index in [0.717, 1.165) is 18.4 Å². The first kappa shape index (κ1) is 17.9. The molecule has 1 aromatic rings. The number of amides is 1. The molecular weight excluding hydrogens is 312 g/mol. The van der Waals surface area contributed by atoms with Crippen LogP contribution in [0.1, 0.15) is 44.6 Å². The topological polar surface area (TPSA) is 66.5 Å². The molecule has 1 heterocycles. The van der Waals surface area contributed by atoms with Crippen molar-refractivity contribution in [2.75, 3.05) is 13.1 Å². The Labute approximate surface area is 139 Å². The molecule has 0 spiro atoms. The first-order chi connectivity index (χ1) is 10.9. The number of benzene rings is 1. The fourth-order valence-corrected chi connectivity index (χ4v) is 4.38. The second-order valence-corrected chi connectivity index (χ2v) is 8.10. The van der Waals surface area contributed by atoms with E-state index in [-0.39, 0.29) is 11.9 Å². The largest absolute Gasteiger partial charge is 0.353 e. The third-order valence-corrected chi connectivity index (χ3v) is 6.10. The number of aryl methyl sites for hydroxylation is 1. The molecule has 1 aliphatic rings. The fourth-order valence-electron chi connectivity index (χ4n) is 2.80. The Hall–Kier alpha value is -1.40. The maximum absolute atomic E-state index is 12.6. The lowest BCUT2D eigenvalue weighted by atomic mass is 10.1. The number of rotatable bonds is 6. The zero-order chi connectivity index (χ0) is 16.9. The van der Waals surface area contributed by atoms with Crippen LogP contribution >= 0.6 is 0 Å². The van der Waals surface area contributed by atoms with Crippen LogP contribution in [0.5, 0.6) is 0 Å². The number of hydrogen-bond donors (Lipinski definition) is 1. The van der Waals surface area contributed by atoms with Crippen LogP contribution < -0.4 is 5.32 Å². The number of carbonyl (C=O) groups is 1. The van der Waals surface area contributed by atoms with Gasteiger partial charge in [-0.1, -0.05) is 25.5 Å². The summed E-state index contributed by atoms with van der Waals surface area (Å²) in [5.74, 6) is 0.0758. The molecular formula is C17H26N2O3S. The van der Waals surface area contributed by atoms with Gasteiger partial charge in [-0.3, -0.25) is 4.79 Å². The number of hydrogen-bond acceptors (Lipinski definition) is 3. The molecule has 1 N–H and O–H groups in total. The molecule has 0 atom stereocenters. The van der Waals surface area contributed by atoms with E-state index < -0.39 is 10.0 Å². The summed E-state index contributed by atoms with van der Waals surface area (Å²) in [7, 11) is -3.43. The molecule has 6 heteroatoms. The Bertz CT molecular complexity index is 635. The molecule has 1 aromatic carbocycles. The lowest BCUT2D eigenvalue weighted by Gasteiger charge is -2.31. The van der Waals surface area contributed by atoms with Crippen LogP contribution in [-0.4, -0.2) is 37.8 Å². The van der Waals surface area contributed by atoms with Gasteiger partial charge in [-0.15, -0.1) is 0 Å². The lowest BCUT2D eigenvalue weighted by molar-refractivity contribution is -0.122. The van der Waals surface area contributed by atoms with Crippen molar-refractivity contribution in [3.63, 3.8) is 0 Å².